The number of nitrogens with zero attached hydrogens (tertiary/aromatic N) is 2. The van der Waals surface area contributed by atoms with E-state index in [9.17, 15) is 29.0 Å². The minimum Gasteiger partial charge on any atom is -0.465 e. The van der Waals surface area contributed by atoms with E-state index in [1.807, 2.05) is 0 Å². The first-order valence-electron chi connectivity index (χ1n) is 7.96. The van der Waals surface area contributed by atoms with Crippen molar-refractivity contribution in [2.24, 2.45) is 10.4 Å². The van der Waals surface area contributed by atoms with Crippen LogP contribution in [-0.2, 0) is 38.1 Å². The van der Waals surface area contributed by atoms with Crippen molar-refractivity contribution in [3.05, 3.63) is 49.3 Å². The molecule has 0 aliphatic carbocycles. The van der Waals surface area contributed by atoms with Crippen molar-refractivity contribution in [3.63, 3.8) is 0 Å². The summed E-state index contributed by atoms with van der Waals surface area (Å²) in [5.41, 5.74) is -1.03. The SMILES string of the molecule is COC(=O)C1=C(C(=O)OC)SC(=C(N=O)C(N=O)=C2SC(C(=O)OC)=C(C(=O)OC)S2)S1. The van der Waals surface area contributed by atoms with Crippen molar-refractivity contribution in [2.45, 2.75) is 0 Å². The fourth-order valence-corrected chi connectivity index (χ4v) is 6.92. The number of carbonyl (C=O) groups excluding carboxylic acids is 4. The van der Waals surface area contributed by atoms with Gasteiger partial charge in [0, 0.05) is 0 Å². The maximum Gasteiger partial charge on any atom is 0.346 e. The predicted molar refractivity (Wildman–Crippen MR) is 118 cm³/mol. The second-order valence-electron chi connectivity index (χ2n) is 5.15. The van der Waals surface area contributed by atoms with Crippen LogP contribution >= 0.6 is 47.0 Å². The second-order valence-corrected chi connectivity index (χ2v) is 9.75. The zero-order valence-electron chi connectivity index (χ0n) is 16.6. The molecule has 0 aromatic carbocycles. The van der Waals surface area contributed by atoms with Gasteiger partial charge in [0.1, 0.15) is 19.6 Å². The van der Waals surface area contributed by atoms with Gasteiger partial charge in [-0.3, -0.25) is 0 Å². The molecule has 0 amide bonds. The van der Waals surface area contributed by atoms with Gasteiger partial charge in [0.05, 0.1) is 36.9 Å². The van der Waals surface area contributed by atoms with Crippen molar-refractivity contribution in [2.75, 3.05) is 28.4 Å². The first-order valence-corrected chi connectivity index (χ1v) is 11.2. The summed E-state index contributed by atoms with van der Waals surface area (Å²) in [6, 6.07) is 0. The molecule has 0 saturated carbocycles. The molecule has 0 aromatic rings. The zero-order chi connectivity index (χ0) is 24.0. The molecular formula is C16H12N2O10S4. The first-order chi connectivity index (χ1) is 15.3. The molecule has 0 radical (unpaired) electrons. The highest BCUT2D eigenvalue weighted by molar-refractivity contribution is 8.30. The Labute approximate surface area is 196 Å². The van der Waals surface area contributed by atoms with Crippen molar-refractivity contribution in [1.82, 2.24) is 0 Å². The molecule has 0 saturated heterocycles. The van der Waals surface area contributed by atoms with E-state index >= 15 is 0 Å². The predicted octanol–water partition coefficient (Wildman–Crippen LogP) is 2.93. The number of methoxy groups -OCH3 is 4. The first kappa shape index (κ1) is 25.7. The van der Waals surface area contributed by atoms with Crippen LogP contribution in [0, 0.1) is 9.81 Å². The largest absolute Gasteiger partial charge is 0.465 e. The van der Waals surface area contributed by atoms with Crippen LogP contribution in [-0.4, -0.2) is 52.3 Å². The third-order valence-electron chi connectivity index (χ3n) is 3.47. The smallest absolute Gasteiger partial charge is 0.346 e. The molecule has 170 valence electrons. The van der Waals surface area contributed by atoms with Gasteiger partial charge in [-0.1, -0.05) is 47.0 Å². The highest BCUT2D eigenvalue weighted by Gasteiger charge is 2.39. The number of carbonyl (C=O) groups is 4. The Morgan fingerprint density at radius 2 is 0.750 bits per heavy atom. The van der Waals surface area contributed by atoms with Gasteiger partial charge in [0.2, 0.25) is 0 Å². The number of nitroso groups, excluding NO2 is 2. The van der Waals surface area contributed by atoms with Crippen molar-refractivity contribution in [3.8, 4) is 0 Å². The fraction of sp³-hybridized carbons (Fsp3) is 0.250. The maximum atomic E-state index is 12.0. The fourth-order valence-electron chi connectivity index (χ4n) is 2.05. The minimum atomic E-state index is -0.872. The van der Waals surface area contributed by atoms with E-state index in [1.54, 1.807) is 0 Å². The molecule has 0 N–H and O–H groups in total. The van der Waals surface area contributed by atoms with Gasteiger partial charge < -0.3 is 18.9 Å². The van der Waals surface area contributed by atoms with Crippen LogP contribution in [0.15, 0.2) is 49.8 Å². The number of esters is 4. The van der Waals surface area contributed by atoms with Crippen LogP contribution < -0.4 is 0 Å². The summed E-state index contributed by atoms with van der Waals surface area (Å²) in [6.45, 7) is 0. The Balaban J connectivity index is 2.56. The third-order valence-corrected chi connectivity index (χ3v) is 8.54. The summed E-state index contributed by atoms with van der Waals surface area (Å²) < 4.78 is 18.4. The van der Waals surface area contributed by atoms with E-state index in [0.29, 0.717) is 47.0 Å². The normalized spacial score (nSPS) is 15.4. The maximum absolute atomic E-state index is 12.0. The molecule has 0 fully saturated rings. The Morgan fingerprint density at radius 1 is 0.531 bits per heavy atom. The second kappa shape index (κ2) is 11.3. The molecule has 0 bridgehead atoms. The van der Waals surface area contributed by atoms with Crippen LogP contribution in [0.4, 0.5) is 0 Å². The molecule has 32 heavy (non-hydrogen) atoms. The van der Waals surface area contributed by atoms with Gasteiger partial charge in [0.15, 0.2) is 11.4 Å². The highest BCUT2D eigenvalue weighted by atomic mass is 32.2. The molecule has 0 spiro atoms. The molecule has 2 rings (SSSR count). The number of thioether (sulfide) groups is 4. The summed E-state index contributed by atoms with van der Waals surface area (Å²) in [4.78, 5) is 70.7. The number of rotatable bonds is 7. The topological polar surface area (TPSA) is 164 Å². The van der Waals surface area contributed by atoms with E-state index < -0.39 is 35.3 Å². The minimum absolute atomic E-state index is 0.0322. The Kier molecular flexibility index (Phi) is 9.11. The molecule has 0 atom stereocenters. The molecule has 2 aliphatic rings. The molecule has 2 heterocycles. The van der Waals surface area contributed by atoms with Crippen LogP contribution in [0.1, 0.15) is 0 Å². The van der Waals surface area contributed by atoms with Gasteiger partial charge in [-0.2, -0.15) is 0 Å². The van der Waals surface area contributed by atoms with Gasteiger partial charge in [-0.15, -0.1) is 9.81 Å². The standard InChI is InChI=1S/C16H12N2O10S4/c1-25-11(19)7-8(12(20)26-2)30-15(29-7)5(17-23)6(18-24)16-31-9(13(21)27-3)10(32-16)14(22)28-4/h1-4H3. The van der Waals surface area contributed by atoms with E-state index in [1.165, 1.54) is 0 Å². The lowest BCUT2D eigenvalue weighted by Crippen LogP contribution is -2.08. The third kappa shape index (κ3) is 5.08. The highest BCUT2D eigenvalue weighted by Crippen LogP contribution is 2.56. The summed E-state index contributed by atoms with van der Waals surface area (Å²) in [6.07, 6.45) is 0. The molecule has 12 nitrogen and oxygen atoms in total. The van der Waals surface area contributed by atoms with Gasteiger partial charge in [0.25, 0.3) is 0 Å². The lowest BCUT2D eigenvalue weighted by atomic mass is 10.4. The lowest BCUT2D eigenvalue weighted by Gasteiger charge is -2.05. The molecule has 0 unspecified atom stereocenters. The Hall–Kier alpha value is -2.56. The summed E-state index contributed by atoms with van der Waals surface area (Å²) in [5, 5.41) is 5.67. The summed E-state index contributed by atoms with van der Waals surface area (Å²) in [7, 11) is 4.38. The van der Waals surface area contributed by atoms with Crippen LogP contribution in [0.2, 0.25) is 0 Å². The number of hydrogen-bond acceptors (Lipinski definition) is 16. The molecule has 16 heteroatoms. The van der Waals surface area contributed by atoms with Crippen LogP contribution in [0.25, 0.3) is 0 Å². The number of hydrogen-bond donors (Lipinski definition) is 0. The lowest BCUT2D eigenvalue weighted by molar-refractivity contribution is -0.138. The van der Waals surface area contributed by atoms with Crippen molar-refractivity contribution >= 4 is 70.9 Å². The van der Waals surface area contributed by atoms with E-state index in [2.05, 4.69) is 29.3 Å². The molecule has 0 aromatic heterocycles. The Morgan fingerprint density at radius 3 is 0.906 bits per heavy atom. The van der Waals surface area contributed by atoms with E-state index in [-0.39, 0.29) is 28.1 Å². The van der Waals surface area contributed by atoms with Crippen LogP contribution in [0.5, 0.6) is 0 Å². The summed E-state index contributed by atoms with van der Waals surface area (Å²) >= 11 is 2.63. The average molecular weight is 521 g/mol. The van der Waals surface area contributed by atoms with Crippen molar-refractivity contribution in [1.29, 1.82) is 0 Å². The van der Waals surface area contributed by atoms with Crippen LogP contribution in [0.3, 0.4) is 0 Å². The average Bonchev–Trinajstić information content (AvgIpc) is 3.45. The number of ether oxygens (including phenoxy) is 4. The zero-order valence-corrected chi connectivity index (χ0v) is 19.9. The molecular weight excluding hydrogens is 508 g/mol. The van der Waals surface area contributed by atoms with Gasteiger partial charge >= 0.3 is 23.9 Å². The summed E-state index contributed by atoms with van der Waals surface area (Å²) in [5.74, 6) is -3.49. The van der Waals surface area contributed by atoms with Gasteiger partial charge in [-0.25, -0.2) is 19.2 Å². The Bertz CT molecular complexity index is 901. The van der Waals surface area contributed by atoms with E-state index in [0.717, 1.165) is 28.4 Å². The quantitative estimate of drug-likeness (QED) is 0.273. The molecule has 2 aliphatic heterocycles. The monoisotopic (exact) mass is 520 g/mol. The van der Waals surface area contributed by atoms with Gasteiger partial charge in [-0.05, 0) is 10.4 Å². The van der Waals surface area contributed by atoms with E-state index in [4.69, 9.17) is 0 Å². The van der Waals surface area contributed by atoms with Crippen molar-refractivity contribution < 1.29 is 38.1 Å².